The largest absolute Gasteiger partial charge is 0.456 e. The number of allylic oxidation sites excluding steroid dienone is 1. The van der Waals surface area contributed by atoms with E-state index in [-0.39, 0.29) is 0 Å². The zero-order valence-electron chi connectivity index (χ0n) is 35.2. The third-order valence-electron chi connectivity index (χ3n) is 13.2. The molecule has 0 aliphatic heterocycles. The molecule has 12 aromatic rings. The van der Waals surface area contributed by atoms with Gasteiger partial charge in [-0.2, -0.15) is 0 Å². The minimum Gasteiger partial charge on any atom is -0.456 e. The van der Waals surface area contributed by atoms with Crippen molar-refractivity contribution in [3.63, 3.8) is 0 Å². The molecule has 0 amide bonds. The lowest BCUT2D eigenvalue weighted by Crippen LogP contribution is -2.74. The van der Waals surface area contributed by atoms with Crippen LogP contribution in [0.3, 0.4) is 0 Å². The molecule has 12 rings (SSSR count). The van der Waals surface area contributed by atoms with Gasteiger partial charge < -0.3 is 13.7 Å². The number of anilines is 3. The number of hydrogen-bond donors (Lipinski definition) is 0. The Hall–Kier alpha value is -8.18. The molecule has 0 spiro atoms. The Labute approximate surface area is 372 Å². The highest BCUT2D eigenvalue weighted by atomic mass is 28.3. The number of nitrogens with zero attached hydrogens (tertiary/aromatic N) is 2. The molecule has 3 aromatic heterocycles. The number of fused-ring (bicyclic) bond motifs is 6. The summed E-state index contributed by atoms with van der Waals surface area (Å²) in [6, 6.07) is 79.8. The Morgan fingerprint density at radius 3 is 1.61 bits per heavy atom. The first-order valence-corrected chi connectivity index (χ1v) is 23.8. The van der Waals surface area contributed by atoms with E-state index in [1.807, 2.05) is 18.2 Å². The van der Waals surface area contributed by atoms with Gasteiger partial charge in [0.2, 0.25) is 0 Å². The lowest BCUT2D eigenvalue weighted by molar-refractivity contribution is 0.669. The maximum Gasteiger partial charge on any atom is 0.179 e. The van der Waals surface area contributed by atoms with E-state index in [1.54, 1.807) is 0 Å². The van der Waals surface area contributed by atoms with Gasteiger partial charge in [-0.25, -0.2) is 0 Å². The fourth-order valence-electron chi connectivity index (χ4n) is 10.3. The third-order valence-corrected chi connectivity index (χ3v) is 18.0. The molecule has 0 N–H and O–H groups in total. The minimum atomic E-state index is -2.63. The molecule has 0 aliphatic carbocycles. The second-order valence-electron chi connectivity index (χ2n) is 16.6. The lowest BCUT2D eigenvalue weighted by atomic mass is 10.0. The van der Waals surface area contributed by atoms with Crippen LogP contribution in [0.15, 0.2) is 235 Å². The summed E-state index contributed by atoms with van der Waals surface area (Å²) >= 11 is 0. The topological polar surface area (TPSA) is 20.8 Å². The van der Waals surface area contributed by atoms with Crippen molar-refractivity contribution in [1.29, 1.82) is 0 Å². The van der Waals surface area contributed by atoms with Crippen molar-refractivity contribution in [2.24, 2.45) is 0 Å². The maximum atomic E-state index is 6.46. The summed E-state index contributed by atoms with van der Waals surface area (Å²) in [4.78, 5) is 2.34. The molecule has 0 atom stereocenters. The van der Waals surface area contributed by atoms with Crippen LogP contribution in [0, 0.1) is 0 Å². The average Bonchev–Trinajstić information content (AvgIpc) is 3.99. The highest BCUT2D eigenvalue weighted by molar-refractivity contribution is 7.19. The number of hydrogen-bond acceptors (Lipinski definition) is 2. The summed E-state index contributed by atoms with van der Waals surface area (Å²) in [6.07, 6.45) is 3.91. The summed E-state index contributed by atoms with van der Waals surface area (Å²) < 4.78 is 8.80. The number of rotatable bonds is 9. The van der Waals surface area contributed by atoms with Gasteiger partial charge in [0, 0.05) is 55.3 Å². The normalized spacial score (nSPS) is 12.3. The maximum absolute atomic E-state index is 6.46. The van der Waals surface area contributed by atoms with Gasteiger partial charge in [-0.05, 0) is 86.5 Å². The van der Waals surface area contributed by atoms with Gasteiger partial charge in [0.25, 0.3) is 0 Å². The van der Waals surface area contributed by atoms with Crippen molar-refractivity contribution in [3.8, 4) is 11.1 Å². The van der Waals surface area contributed by atoms with Crippen LogP contribution in [-0.2, 0) is 0 Å². The summed E-state index contributed by atoms with van der Waals surface area (Å²) in [6.45, 7) is 8.49. The van der Waals surface area contributed by atoms with E-state index in [4.69, 9.17) is 4.42 Å². The summed E-state index contributed by atoms with van der Waals surface area (Å²) in [5.74, 6) is 0. The third kappa shape index (κ3) is 5.73. The molecule has 0 aliphatic rings. The van der Waals surface area contributed by atoms with Crippen molar-refractivity contribution in [2.75, 3.05) is 4.90 Å². The highest BCUT2D eigenvalue weighted by Crippen LogP contribution is 2.41. The zero-order chi connectivity index (χ0) is 42.8. The van der Waals surface area contributed by atoms with Crippen LogP contribution < -0.4 is 36.2 Å². The fraction of sp³-hybridized carbons (Fsp3) is 0. The van der Waals surface area contributed by atoms with E-state index in [0.717, 1.165) is 66.0 Å². The van der Waals surface area contributed by atoms with E-state index in [1.165, 1.54) is 42.6 Å². The van der Waals surface area contributed by atoms with Crippen LogP contribution in [0.2, 0.25) is 0 Å². The number of benzene rings is 9. The van der Waals surface area contributed by atoms with E-state index in [9.17, 15) is 0 Å². The van der Waals surface area contributed by atoms with E-state index in [2.05, 4.69) is 235 Å². The Bertz CT molecular complexity index is 3700. The molecule has 0 saturated heterocycles. The van der Waals surface area contributed by atoms with Gasteiger partial charge in [0.1, 0.15) is 11.2 Å². The van der Waals surface area contributed by atoms with Gasteiger partial charge >= 0.3 is 0 Å². The van der Waals surface area contributed by atoms with Gasteiger partial charge in [-0.3, -0.25) is 0 Å². The van der Waals surface area contributed by atoms with Crippen LogP contribution in [0.25, 0.3) is 72.9 Å². The summed E-state index contributed by atoms with van der Waals surface area (Å²) in [5, 5.41) is 13.3. The molecule has 3 nitrogen and oxygen atoms in total. The van der Waals surface area contributed by atoms with Crippen molar-refractivity contribution < 1.29 is 4.42 Å². The van der Waals surface area contributed by atoms with E-state index >= 15 is 0 Å². The Morgan fingerprint density at radius 2 is 0.953 bits per heavy atom. The van der Waals surface area contributed by atoms with Crippen LogP contribution in [0.1, 0.15) is 0 Å². The Kier molecular flexibility index (Phi) is 8.82. The first-order valence-electron chi connectivity index (χ1n) is 21.8. The van der Waals surface area contributed by atoms with Gasteiger partial charge in [0.15, 0.2) is 8.07 Å². The summed E-state index contributed by atoms with van der Waals surface area (Å²) in [5.41, 5.74) is 9.53. The predicted octanol–water partition coefficient (Wildman–Crippen LogP) is 11.5. The minimum absolute atomic E-state index is 0.857. The molecule has 4 heteroatoms. The van der Waals surface area contributed by atoms with Crippen LogP contribution >= 0.6 is 0 Å². The van der Waals surface area contributed by atoms with Crippen LogP contribution in [-0.4, -0.2) is 12.5 Å². The lowest BCUT2D eigenvalue weighted by Gasteiger charge is -2.34. The van der Waals surface area contributed by atoms with Gasteiger partial charge in [-0.15, -0.1) is 0 Å². The second-order valence-corrected chi connectivity index (χ2v) is 20.4. The Morgan fingerprint density at radius 1 is 0.438 bits per heavy atom. The molecule has 302 valence electrons. The first-order chi connectivity index (χ1) is 31.6. The van der Waals surface area contributed by atoms with Crippen molar-refractivity contribution in [3.05, 3.63) is 242 Å². The van der Waals surface area contributed by atoms with Crippen LogP contribution in [0.4, 0.5) is 17.1 Å². The molecule has 3 heterocycles. The van der Waals surface area contributed by atoms with Crippen molar-refractivity contribution in [1.82, 2.24) is 4.40 Å². The van der Waals surface area contributed by atoms with Crippen molar-refractivity contribution in [2.45, 2.75) is 0 Å². The molecule has 0 fully saturated rings. The quantitative estimate of drug-likeness (QED) is 0.107. The smallest absolute Gasteiger partial charge is 0.179 e. The van der Waals surface area contributed by atoms with Crippen molar-refractivity contribution >= 4 is 108 Å². The molecule has 0 unspecified atom stereocenters. The molecule has 0 radical (unpaired) electrons. The molecule has 0 saturated carbocycles. The molecule has 9 aromatic carbocycles. The summed E-state index contributed by atoms with van der Waals surface area (Å²) in [7, 11) is -2.63. The van der Waals surface area contributed by atoms with E-state index < -0.39 is 8.07 Å². The fourth-order valence-corrected chi connectivity index (χ4v) is 15.1. The van der Waals surface area contributed by atoms with Crippen LogP contribution in [0.5, 0.6) is 0 Å². The highest BCUT2D eigenvalue weighted by Gasteiger charge is 2.41. The Balaban J connectivity index is 0.986. The molecular formula is C60H42N2OSi. The predicted molar refractivity (Wildman–Crippen MR) is 274 cm³/mol. The number of aromatic nitrogens is 1. The second kappa shape index (κ2) is 15.0. The SMILES string of the molecule is C=C/C=c1\c(=C)c2cccc3c4cc(N(c5ccc(-c6ccc([Si](c7ccccc7)(c7ccccc7)c7ccccc7)cc6)cc5)c5ccc6c(c5)oc5ccccc56)ccc4n1c23. The monoisotopic (exact) mass is 834 g/mol. The molecule has 0 bridgehead atoms. The van der Waals surface area contributed by atoms with Gasteiger partial charge in [-0.1, -0.05) is 183 Å². The number of para-hydroxylation sites is 2. The first kappa shape index (κ1) is 37.6. The number of furan rings is 1. The van der Waals surface area contributed by atoms with Gasteiger partial charge in [0.05, 0.1) is 16.4 Å². The molecular weight excluding hydrogens is 793 g/mol. The average molecular weight is 835 g/mol. The molecule has 64 heavy (non-hydrogen) atoms. The zero-order valence-corrected chi connectivity index (χ0v) is 36.2. The standard InChI is InChI=1S/C60H42N2OSi/c1-3-16-56-41(2)51-24-15-25-54-55-39-45(34-38-57(55)62(56)60(51)54)61(46-33-37-53-52-23-13-14-26-58(52)63-59(53)40-46)44-31-27-42(28-32-44)43-29-35-50(36-30-43)64(47-17-7-4-8-18-47,48-19-9-5-10-20-48)49-21-11-6-12-22-49/h3-40H,1-2H2/b56-16+. The van der Waals surface area contributed by atoms with E-state index in [0.29, 0.717) is 0 Å².